The smallest absolute Gasteiger partial charge is 0.181 e. The summed E-state index contributed by atoms with van der Waals surface area (Å²) in [5.41, 5.74) is 4.84. The first-order chi connectivity index (χ1) is 21.2. The maximum atomic E-state index is 11.6. The van der Waals surface area contributed by atoms with Gasteiger partial charge in [0, 0.05) is 36.0 Å². The summed E-state index contributed by atoms with van der Waals surface area (Å²) in [6.07, 6.45) is 9.67. The number of anilines is 2. The molecular weight excluding hydrogens is 732 g/mol. The Hall–Kier alpha value is -4.17. The molecule has 0 atom stereocenters. The fraction of sp³-hybridized carbons (Fsp3) is 0.0333. The normalized spacial score (nSPS) is 11.4. The van der Waals surface area contributed by atoms with Crippen molar-refractivity contribution >= 4 is 76.2 Å². The maximum Gasteiger partial charge on any atom is 0.181 e. The molecule has 7 aromatic rings. The van der Waals surface area contributed by atoms with Gasteiger partial charge in [0.2, 0.25) is 0 Å². The molecule has 5 aromatic heterocycles. The molecule has 220 valence electrons. The van der Waals surface area contributed by atoms with Gasteiger partial charge >= 0.3 is 0 Å². The monoisotopic (exact) mass is 750 g/mol. The standard InChI is InChI=1S/C18H14BrN5O2S.C12H7BrClN3/c1-27(25,26)13-7-8-16(20-9-13)23-17-18-21-10-15(19)24(18)11-14(22-17)12-5-3-2-4-6-12;13-10-6-15-12-11(14)16-9(7-17(10)12)8-4-2-1-3-5-8/h2-11H,1H3,(H,20,22,23);1-7H. The highest BCUT2D eigenvalue weighted by molar-refractivity contribution is 9.10. The summed E-state index contributed by atoms with van der Waals surface area (Å²) < 4.78 is 28.6. The lowest BCUT2D eigenvalue weighted by Crippen LogP contribution is -2.03. The van der Waals surface area contributed by atoms with Crippen LogP contribution in [0.5, 0.6) is 0 Å². The molecular formula is C30H21Br2ClN8O2S. The lowest BCUT2D eigenvalue weighted by atomic mass is 10.2. The Labute approximate surface area is 274 Å². The van der Waals surface area contributed by atoms with Crippen molar-refractivity contribution in [3.05, 3.63) is 118 Å². The molecule has 0 aliphatic rings. The molecule has 14 heteroatoms. The number of aromatic nitrogens is 7. The van der Waals surface area contributed by atoms with Crippen LogP contribution in [-0.4, -0.2) is 48.4 Å². The van der Waals surface area contributed by atoms with Crippen molar-refractivity contribution in [3.8, 4) is 22.5 Å². The Morgan fingerprint density at radius 1 is 0.705 bits per heavy atom. The van der Waals surface area contributed by atoms with Gasteiger partial charge in [0.05, 0.1) is 28.7 Å². The number of nitrogens with zero attached hydrogens (tertiary/aromatic N) is 7. The SMILES string of the molecule is CS(=O)(=O)c1ccc(Nc2nc(-c3ccccc3)cn3c(Br)cnc23)nc1.Clc1nc(-c2ccccc2)cn2c(Br)cnc12. The minimum atomic E-state index is -3.30. The topological polar surface area (TPSA) is 119 Å². The molecule has 0 bridgehead atoms. The number of sulfone groups is 1. The van der Waals surface area contributed by atoms with Gasteiger partial charge in [-0.3, -0.25) is 8.80 Å². The van der Waals surface area contributed by atoms with Crippen LogP contribution in [0.3, 0.4) is 0 Å². The first-order valence-electron chi connectivity index (χ1n) is 12.9. The van der Waals surface area contributed by atoms with Crippen LogP contribution in [0.1, 0.15) is 0 Å². The third kappa shape index (κ3) is 6.36. The van der Waals surface area contributed by atoms with E-state index in [-0.39, 0.29) is 4.90 Å². The minimum Gasteiger partial charge on any atom is -0.322 e. The van der Waals surface area contributed by atoms with Crippen LogP contribution in [0.4, 0.5) is 11.6 Å². The zero-order valence-corrected chi connectivity index (χ0v) is 27.5. The summed E-state index contributed by atoms with van der Waals surface area (Å²) in [5, 5.41) is 3.53. The third-order valence-corrected chi connectivity index (χ3v) is 8.93. The predicted molar refractivity (Wildman–Crippen MR) is 178 cm³/mol. The molecule has 0 unspecified atom stereocenters. The highest BCUT2D eigenvalue weighted by atomic mass is 79.9. The molecule has 5 heterocycles. The number of pyridine rings is 1. The summed E-state index contributed by atoms with van der Waals surface area (Å²) in [6.45, 7) is 0. The molecule has 10 nitrogen and oxygen atoms in total. The van der Waals surface area contributed by atoms with Crippen molar-refractivity contribution in [2.45, 2.75) is 4.90 Å². The largest absolute Gasteiger partial charge is 0.322 e. The van der Waals surface area contributed by atoms with Crippen LogP contribution >= 0.6 is 43.5 Å². The van der Waals surface area contributed by atoms with Crippen LogP contribution in [-0.2, 0) is 9.84 Å². The number of fused-ring (bicyclic) bond motifs is 2. The summed E-state index contributed by atoms with van der Waals surface area (Å²) in [7, 11) is -3.30. The second kappa shape index (κ2) is 12.4. The molecule has 0 saturated carbocycles. The lowest BCUT2D eigenvalue weighted by molar-refractivity contribution is 0.601. The van der Waals surface area contributed by atoms with Crippen molar-refractivity contribution in [2.75, 3.05) is 11.6 Å². The van der Waals surface area contributed by atoms with Crippen molar-refractivity contribution in [3.63, 3.8) is 0 Å². The molecule has 0 aliphatic carbocycles. The highest BCUT2D eigenvalue weighted by Gasteiger charge is 2.14. The van der Waals surface area contributed by atoms with Crippen molar-refractivity contribution in [1.29, 1.82) is 0 Å². The van der Waals surface area contributed by atoms with Gasteiger partial charge < -0.3 is 5.32 Å². The molecule has 1 N–H and O–H groups in total. The quantitative estimate of drug-likeness (QED) is 0.192. The van der Waals surface area contributed by atoms with Crippen LogP contribution in [0.2, 0.25) is 5.15 Å². The number of benzene rings is 2. The zero-order chi connectivity index (χ0) is 30.8. The van der Waals surface area contributed by atoms with Crippen LogP contribution in [0, 0.1) is 0 Å². The van der Waals surface area contributed by atoms with Gasteiger partial charge in [-0.05, 0) is 44.0 Å². The first kappa shape index (κ1) is 29.9. The third-order valence-electron chi connectivity index (χ3n) is 6.40. The Morgan fingerprint density at radius 2 is 1.25 bits per heavy atom. The Balaban J connectivity index is 0.000000173. The van der Waals surface area contributed by atoms with Crippen LogP contribution in [0.25, 0.3) is 33.8 Å². The Morgan fingerprint density at radius 3 is 1.80 bits per heavy atom. The second-order valence-corrected chi connectivity index (χ2v) is 13.4. The summed E-state index contributed by atoms with van der Waals surface area (Å²) in [4.78, 5) is 21.9. The average Bonchev–Trinajstić information content (AvgIpc) is 3.60. The predicted octanol–water partition coefficient (Wildman–Crippen LogP) is 7.51. The molecule has 7 rings (SSSR count). The van der Waals surface area contributed by atoms with E-state index in [0.29, 0.717) is 28.1 Å². The average molecular weight is 753 g/mol. The molecule has 44 heavy (non-hydrogen) atoms. The second-order valence-electron chi connectivity index (χ2n) is 9.45. The van der Waals surface area contributed by atoms with E-state index in [1.54, 1.807) is 18.5 Å². The highest BCUT2D eigenvalue weighted by Crippen LogP contribution is 2.27. The van der Waals surface area contributed by atoms with Gasteiger partial charge in [-0.1, -0.05) is 72.3 Å². The van der Waals surface area contributed by atoms with Gasteiger partial charge in [0.25, 0.3) is 0 Å². The number of hydrogen-bond acceptors (Lipinski definition) is 8. The molecule has 0 saturated heterocycles. The van der Waals surface area contributed by atoms with Gasteiger partial charge in [-0.2, -0.15) is 0 Å². The summed E-state index contributed by atoms with van der Waals surface area (Å²) in [6, 6.07) is 22.8. The van der Waals surface area contributed by atoms with E-state index in [9.17, 15) is 8.42 Å². The fourth-order valence-electron chi connectivity index (χ4n) is 4.26. The molecule has 2 aromatic carbocycles. The van der Waals surface area contributed by atoms with Crippen LogP contribution in [0.15, 0.2) is 118 Å². The van der Waals surface area contributed by atoms with E-state index in [4.69, 9.17) is 11.6 Å². The van der Waals surface area contributed by atoms with E-state index in [2.05, 4.69) is 62.1 Å². The van der Waals surface area contributed by atoms with Crippen molar-refractivity contribution in [2.24, 2.45) is 0 Å². The van der Waals surface area contributed by atoms with E-state index in [0.717, 1.165) is 38.0 Å². The number of rotatable bonds is 5. The van der Waals surface area contributed by atoms with Crippen molar-refractivity contribution < 1.29 is 8.42 Å². The van der Waals surface area contributed by atoms with Gasteiger partial charge in [0.1, 0.15) is 15.0 Å². The molecule has 0 fully saturated rings. The Kier molecular flexibility index (Phi) is 8.45. The summed E-state index contributed by atoms with van der Waals surface area (Å²) >= 11 is 13.0. The molecule has 0 amide bonds. The molecule has 0 aliphatic heterocycles. The Bertz CT molecular complexity index is 2210. The van der Waals surface area contributed by atoms with E-state index in [1.807, 2.05) is 81.9 Å². The molecule has 0 radical (unpaired) electrons. The van der Waals surface area contributed by atoms with Crippen LogP contribution < -0.4 is 5.32 Å². The maximum absolute atomic E-state index is 11.6. The number of halogens is 3. The van der Waals surface area contributed by atoms with Gasteiger partial charge in [-0.15, -0.1) is 0 Å². The molecule has 0 spiro atoms. The fourth-order valence-corrected chi connectivity index (χ4v) is 5.79. The van der Waals surface area contributed by atoms with E-state index < -0.39 is 9.84 Å². The van der Waals surface area contributed by atoms with Gasteiger partial charge in [-0.25, -0.2) is 33.3 Å². The zero-order valence-electron chi connectivity index (χ0n) is 22.8. The number of hydrogen-bond donors (Lipinski definition) is 1. The number of imidazole rings is 2. The lowest BCUT2D eigenvalue weighted by Gasteiger charge is -2.10. The van der Waals surface area contributed by atoms with Crippen molar-refractivity contribution in [1.82, 2.24) is 33.7 Å². The number of nitrogens with one attached hydrogen (secondary N) is 1. The van der Waals surface area contributed by atoms with Gasteiger partial charge in [0.15, 0.2) is 32.1 Å². The van der Waals surface area contributed by atoms with E-state index >= 15 is 0 Å². The summed E-state index contributed by atoms with van der Waals surface area (Å²) in [5.74, 6) is 0.989. The van der Waals surface area contributed by atoms with E-state index in [1.165, 1.54) is 12.3 Å². The first-order valence-corrected chi connectivity index (χ1v) is 16.8. The minimum absolute atomic E-state index is 0.160.